The molecule has 0 bridgehead atoms. The molecule has 2 atom stereocenters. The number of rotatable bonds is 4. The molecular formula is C17H24O3. The quantitative estimate of drug-likeness (QED) is 0.913. The molecule has 20 heavy (non-hydrogen) atoms. The third-order valence-corrected chi connectivity index (χ3v) is 4.67. The van der Waals surface area contributed by atoms with Crippen LogP contribution in [0, 0.1) is 0 Å². The Balaban J connectivity index is 1.60. The van der Waals surface area contributed by atoms with E-state index in [1.54, 1.807) is 0 Å². The summed E-state index contributed by atoms with van der Waals surface area (Å²) in [7, 11) is 0. The van der Waals surface area contributed by atoms with Gasteiger partial charge in [0.1, 0.15) is 11.9 Å². The minimum atomic E-state index is -0.370. The zero-order valence-corrected chi connectivity index (χ0v) is 12.2. The van der Waals surface area contributed by atoms with Crippen molar-refractivity contribution in [1.29, 1.82) is 0 Å². The van der Waals surface area contributed by atoms with Gasteiger partial charge < -0.3 is 14.6 Å². The van der Waals surface area contributed by atoms with Crippen LogP contribution in [0.3, 0.4) is 0 Å². The van der Waals surface area contributed by atoms with Crippen molar-refractivity contribution in [2.75, 3.05) is 6.61 Å². The van der Waals surface area contributed by atoms with E-state index in [4.69, 9.17) is 9.47 Å². The third kappa shape index (κ3) is 2.84. The minimum Gasteiger partial charge on any atom is -0.490 e. The van der Waals surface area contributed by atoms with Crippen molar-refractivity contribution in [2.45, 2.75) is 63.3 Å². The molecule has 0 amide bonds. The second kappa shape index (κ2) is 5.74. The molecule has 1 saturated carbocycles. The molecule has 1 saturated heterocycles. The van der Waals surface area contributed by atoms with E-state index in [-0.39, 0.29) is 17.8 Å². The van der Waals surface area contributed by atoms with Gasteiger partial charge in [0.25, 0.3) is 0 Å². The van der Waals surface area contributed by atoms with Crippen LogP contribution in [0.2, 0.25) is 0 Å². The maximum absolute atomic E-state index is 9.79. The van der Waals surface area contributed by atoms with Crippen LogP contribution < -0.4 is 4.74 Å². The second-order valence-electron chi connectivity index (χ2n) is 6.11. The highest BCUT2D eigenvalue weighted by molar-refractivity contribution is 5.28. The van der Waals surface area contributed by atoms with Gasteiger partial charge in [0.15, 0.2) is 0 Å². The molecule has 1 aliphatic heterocycles. The Bertz CT molecular complexity index is 436. The highest BCUT2D eigenvalue weighted by Gasteiger charge is 2.43. The lowest BCUT2D eigenvalue weighted by molar-refractivity contribution is -0.153. The lowest BCUT2D eigenvalue weighted by Gasteiger charge is -2.46. The number of ether oxygens (including phenoxy) is 2. The highest BCUT2D eigenvalue weighted by Crippen LogP contribution is 2.43. The van der Waals surface area contributed by atoms with Gasteiger partial charge in [-0.15, -0.1) is 0 Å². The summed E-state index contributed by atoms with van der Waals surface area (Å²) < 4.78 is 12.0. The van der Waals surface area contributed by atoms with Gasteiger partial charge >= 0.3 is 0 Å². The molecule has 2 aliphatic rings. The Morgan fingerprint density at radius 3 is 2.70 bits per heavy atom. The van der Waals surface area contributed by atoms with Gasteiger partial charge in [0.2, 0.25) is 0 Å². The third-order valence-electron chi connectivity index (χ3n) is 4.67. The average Bonchev–Trinajstić information content (AvgIpc) is 2.46. The van der Waals surface area contributed by atoms with Crippen molar-refractivity contribution in [2.24, 2.45) is 0 Å². The maximum atomic E-state index is 9.79. The van der Waals surface area contributed by atoms with E-state index < -0.39 is 0 Å². The van der Waals surface area contributed by atoms with E-state index in [1.807, 2.05) is 31.2 Å². The van der Waals surface area contributed by atoms with E-state index in [0.29, 0.717) is 0 Å². The highest BCUT2D eigenvalue weighted by atomic mass is 16.5. The summed E-state index contributed by atoms with van der Waals surface area (Å²) >= 11 is 0. The number of aliphatic hydroxyl groups excluding tert-OH is 1. The predicted molar refractivity (Wildman–Crippen MR) is 77.9 cm³/mol. The SMILES string of the molecule is CC[C@@H](O)c1ccc(OC2CCOC3(CCC3)C2)cc1. The Labute approximate surface area is 120 Å². The first-order chi connectivity index (χ1) is 9.71. The summed E-state index contributed by atoms with van der Waals surface area (Å²) in [6, 6.07) is 7.86. The smallest absolute Gasteiger partial charge is 0.119 e. The molecule has 1 aliphatic carbocycles. The van der Waals surface area contributed by atoms with Crippen molar-refractivity contribution >= 4 is 0 Å². The van der Waals surface area contributed by atoms with Crippen LogP contribution in [0.4, 0.5) is 0 Å². The van der Waals surface area contributed by atoms with Gasteiger partial charge in [-0.3, -0.25) is 0 Å². The standard InChI is InChI=1S/C17H24O3/c1-2-16(18)13-4-6-14(7-5-13)20-15-8-11-19-17(12-15)9-3-10-17/h4-7,15-16,18H,2-3,8-12H2,1H3/t15?,16-/m1/s1. The largest absolute Gasteiger partial charge is 0.490 e. The molecule has 1 aromatic rings. The van der Waals surface area contributed by atoms with Crippen LogP contribution in [-0.2, 0) is 4.74 Å². The molecule has 1 spiro atoms. The molecule has 3 heteroatoms. The fourth-order valence-corrected chi connectivity index (χ4v) is 3.20. The van der Waals surface area contributed by atoms with E-state index in [1.165, 1.54) is 19.3 Å². The summed E-state index contributed by atoms with van der Waals surface area (Å²) in [6.07, 6.45) is 6.30. The van der Waals surface area contributed by atoms with Crippen molar-refractivity contribution in [3.63, 3.8) is 0 Å². The molecule has 1 aromatic carbocycles. The summed E-state index contributed by atoms with van der Waals surface area (Å²) in [5, 5.41) is 9.79. The fourth-order valence-electron chi connectivity index (χ4n) is 3.20. The van der Waals surface area contributed by atoms with Crippen molar-refractivity contribution in [3.8, 4) is 5.75 Å². The zero-order chi connectivity index (χ0) is 14.0. The molecule has 1 heterocycles. The first kappa shape index (κ1) is 13.9. The second-order valence-corrected chi connectivity index (χ2v) is 6.11. The normalized spacial score (nSPS) is 26.0. The van der Waals surface area contributed by atoms with Crippen molar-refractivity contribution in [1.82, 2.24) is 0 Å². The summed E-state index contributed by atoms with van der Waals surface area (Å²) in [5.41, 5.74) is 1.09. The van der Waals surface area contributed by atoms with Gasteiger partial charge in [-0.2, -0.15) is 0 Å². The van der Waals surface area contributed by atoms with E-state index in [0.717, 1.165) is 37.2 Å². The topological polar surface area (TPSA) is 38.7 Å². The van der Waals surface area contributed by atoms with E-state index in [2.05, 4.69) is 0 Å². The van der Waals surface area contributed by atoms with Crippen molar-refractivity contribution in [3.05, 3.63) is 29.8 Å². The first-order valence-electron chi connectivity index (χ1n) is 7.79. The van der Waals surface area contributed by atoms with Crippen LogP contribution in [0.25, 0.3) is 0 Å². The van der Waals surface area contributed by atoms with Gasteiger partial charge in [-0.1, -0.05) is 19.1 Å². The van der Waals surface area contributed by atoms with Gasteiger partial charge in [0.05, 0.1) is 18.3 Å². The maximum Gasteiger partial charge on any atom is 0.119 e. The Kier molecular flexibility index (Phi) is 3.99. The van der Waals surface area contributed by atoms with Crippen LogP contribution in [-0.4, -0.2) is 23.4 Å². The van der Waals surface area contributed by atoms with Crippen LogP contribution in [0.1, 0.15) is 57.1 Å². The molecule has 110 valence electrons. The molecule has 1 unspecified atom stereocenters. The Hall–Kier alpha value is -1.06. The zero-order valence-electron chi connectivity index (χ0n) is 12.2. The summed E-state index contributed by atoms with van der Waals surface area (Å²) in [5.74, 6) is 0.901. The van der Waals surface area contributed by atoms with Gasteiger partial charge in [-0.05, 0) is 43.4 Å². The number of hydrogen-bond acceptors (Lipinski definition) is 3. The van der Waals surface area contributed by atoms with E-state index >= 15 is 0 Å². The van der Waals surface area contributed by atoms with Crippen LogP contribution in [0.5, 0.6) is 5.75 Å². The summed E-state index contributed by atoms with van der Waals surface area (Å²) in [4.78, 5) is 0. The van der Waals surface area contributed by atoms with Crippen molar-refractivity contribution < 1.29 is 14.6 Å². The molecule has 3 nitrogen and oxygen atoms in total. The van der Waals surface area contributed by atoms with Gasteiger partial charge in [0, 0.05) is 12.8 Å². The number of aliphatic hydroxyl groups is 1. The number of benzene rings is 1. The molecular weight excluding hydrogens is 252 g/mol. The monoisotopic (exact) mass is 276 g/mol. The van der Waals surface area contributed by atoms with Crippen LogP contribution in [0.15, 0.2) is 24.3 Å². The summed E-state index contributed by atoms with van der Waals surface area (Å²) in [6.45, 7) is 2.80. The van der Waals surface area contributed by atoms with E-state index in [9.17, 15) is 5.11 Å². The Morgan fingerprint density at radius 2 is 2.10 bits per heavy atom. The number of hydrogen-bond donors (Lipinski definition) is 1. The predicted octanol–water partition coefficient (Wildman–Crippen LogP) is 3.61. The average molecular weight is 276 g/mol. The lowest BCUT2D eigenvalue weighted by atomic mass is 9.74. The minimum absolute atomic E-state index is 0.126. The molecule has 0 radical (unpaired) electrons. The van der Waals surface area contributed by atoms with Crippen LogP contribution >= 0.6 is 0 Å². The molecule has 0 aromatic heterocycles. The Morgan fingerprint density at radius 1 is 1.35 bits per heavy atom. The first-order valence-corrected chi connectivity index (χ1v) is 7.79. The lowest BCUT2D eigenvalue weighted by Crippen LogP contribution is -2.48. The van der Waals surface area contributed by atoms with Gasteiger partial charge in [-0.25, -0.2) is 0 Å². The molecule has 1 N–H and O–H groups in total. The molecule has 3 rings (SSSR count). The fraction of sp³-hybridized carbons (Fsp3) is 0.647. The molecule has 2 fully saturated rings.